The van der Waals surface area contributed by atoms with Gasteiger partial charge in [-0.05, 0) is 46.4 Å². The summed E-state index contributed by atoms with van der Waals surface area (Å²) in [4.78, 5) is 4.12. The van der Waals surface area contributed by atoms with Crippen LogP contribution in [0.3, 0.4) is 0 Å². The van der Waals surface area contributed by atoms with E-state index in [2.05, 4.69) is 27.6 Å². The zero-order valence-electron chi connectivity index (χ0n) is 7.85. The number of hydrogen-bond acceptors (Lipinski definition) is 1. The molecule has 5 heteroatoms. The number of aromatic nitrogens is 1. The number of benzene rings is 1. The molecule has 0 spiro atoms. The van der Waals surface area contributed by atoms with Crippen molar-refractivity contribution in [3.05, 3.63) is 49.2 Å². The van der Waals surface area contributed by atoms with E-state index in [0.29, 0.717) is 15.1 Å². The standard InChI is InChI=1S/C11H5Cl3IN/c12-9-2-6(3-10(13)11(9)14)7-1-8(15)5-16-4-7/h1-5H. The van der Waals surface area contributed by atoms with Gasteiger partial charge in [-0.2, -0.15) is 0 Å². The van der Waals surface area contributed by atoms with E-state index in [1.54, 1.807) is 24.5 Å². The van der Waals surface area contributed by atoms with Crippen molar-refractivity contribution < 1.29 is 0 Å². The Kier molecular flexibility index (Phi) is 3.95. The van der Waals surface area contributed by atoms with Gasteiger partial charge in [0.25, 0.3) is 0 Å². The quantitative estimate of drug-likeness (QED) is 0.479. The van der Waals surface area contributed by atoms with Crippen LogP contribution in [-0.2, 0) is 0 Å². The topological polar surface area (TPSA) is 12.9 Å². The van der Waals surface area contributed by atoms with E-state index in [-0.39, 0.29) is 0 Å². The van der Waals surface area contributed by atoms with E-state index in [1.807, 2.05) is 6.07 Å². The Morgan fingerprint density at radius 1 is 0.875 bits per heavy atom. The monoisotopic (exact) mass is 383 g/mol. The molecule has 0 fully saturated rings. The molecule has 0 aliphatic rings. The third-order valence-electron chi connectivity index (χ3n) is 2.02. The minimum atomic E-state index is 0.380. The molecule has 2 aromatic rings. The normalized spacial score (nSPS) is 10.5. The Bertz CT molecular complexity index is 519. The lowest BCUT2D eigenvalue weighted by atomic mass is 10.1. The van der Waals surface area contributed by atoms with E-state index in [4.69, 9.17) is 34.8 Å². The van der Waals surface area contributed by atoms with Gasteiger partial charge in [-0.3, -0.25) is 4.98 Å². The summed E-state index contributed by atoms with van der Waals surface area (Å²) < 4.78 is 1.05. The zero-order chi connectivity index (χ0) is 11.7. The van der Waals surface area contributed by atoms with Crippen molar-refractivity contribution in [2.75, 3.05) is 0 Å². The second kappa shape index (κ2) is 5.08. The maximum absolute atomic E-state index is 5.97. The van der Waals surface area contributed by atoms with Crippen LogP contribution in [0, 0.1) is 3.57 Å². The van der Waals surface area contributed by atoms with E-state index in [1.165, 1.54) is 0 Å². The lowest BCUT2D eigenvalue weighted by Gasteiger charge is -2.05. The van der Waals surface area contributed by atoms with Crippen LogP contribution in [0.25, 0.3) is 11.1 Å². The van der Waals surface area contributed by atoms with Crippen molar-refractivity contribution in [1.82, 2.24) is 4.98 Å². The van der Waals surface area contributed by atoms with Crippen molar-refractivity contribution in [2.24, 2.45) is 0 Å². The number of rotatable bonds is 1. The first-order valence-electron chi connectivity index (χ1n) is 4.33. The Morgan fingerprint density at radius 3 is 2.06 bits per heavy atom. The van der Waals surface area contributed by atoms with E-state index < -0.39 is 0 Å². The molecule has 0 saturated carbocycles. The summed E-state index contributed by atoms with van der Waals surface area (Å²) in [5.41, 5.74) is 1.87. The molecule has 0 unspecified atom stereocenters. The predicted molar refractivity (Wildman–Crippen MR) is 77.4 cm³/mol. The van der Waals surface area contributed by atoms with Gasteiger partial charge >= 0.3 is 0 Å². The maximum Gasteiger partial charge on any atom is 0.0778 e. The molecule has 0 saturated heterocycles. The van der Waals surface area contributed by atoms with E-state index in [0.717, 1.165) is 14.7 Å². The fourth-order valence-electron chi connectivity index (χ4n) is 1.29. The first-order valence-corrected chi connectivity index (χ1v) is 6.54. The molecule has 0 bridgehead atoms. The Hall–Kier alpha value is -0.0300. The summed E-state index contributed by atoms with van der Waals surface area (Å²) in [5.74, 6) is 0. The van der Waals surface area contributed by atoms with Gasteiger partial charge in [-0.15, -0.1) is 0 Å². The highest BCUT2D eigenvalue weighted by atomic mass is 127. The van der Waals surface area contributed by atoms with Gasteiger partial charge in [-0.25, -0.2) is 0 Å². The molecular formula is C11H5Cl3IN. The van der Waals surface area contributed by atoms with Crippen LogP contribution < -0.4 is 0 Å². The molecule has 2 rings (SSSR count). The third kappa shape index (κ3) is 2.62. The first-order chi connectivity index (χ1) is 7.58. The minimum absolute atomic E-state index is 0.380. The first kappa shape index (κ1) is 12.4. The van der Waals surface area contributed by atoms with Crippen molar-refractivity contribution >= 4 is 57.4 Å². The molecule has 1 aromatic heterocycles. The Labute approximate surface area is 122 Å². The van der Waals surface area contributed by atoms with Crippen LogP contribution in [0.2, 0.25) is 15.1 Å². The van der Waals surface area contributed by atoms with Gasteiger partial charge in [0.2, 0.25) is 0 Å². The summed E-state index contributed by atoms with van der Waals surface area (Å²) in [7, 11) is 0. The molecule has 0 aliphatic heterocycles. The van der Waals surface area contributed by atoms with Crippen LogP contribution in [-0.4, -0.2) is 4.98 Å². The van der Waals surface area contributed by atoms with Crippen molar-refractivity contribution in [3.63, 3.8) is 0 Å². The number of nitrogens with zero attached hydrogens (tertiary/aromatic N) is 1. The Balaban J connectivity index is 2.57. The van der Waals surface area contributed by atoms with Crippen molar-refractivity contribution in [3.8, 4) is 11.1 Å². The molecule has 1 heterocycles. The number of pyridine rings is 1. The molecule has 0 N–H and O–H groups in total. The highest BCUT2D eigenvalue weighted by Crippen LogP contribution is 2.35. The zero-order valence-corrected chi connectivity index (χ0v) is 12.3. The van der Waals surface area contributed by atoms with Crippen LogP contribution in [0.15, 0.2) is 30.6 Å². The van der Waals surface area contributed by atoms with Crippen molar-refractivity contribution in [1.29, 1.82) is 0 Å². The fraction of sp³-hybridized carbons (Fsp3) is 0. The molecule has 0 amide bonds. The van der Waals surface area contributed by atoms with E-state index in [9.17, 15) is 0 Å². The molecular weight excluding hydrogens is 379 g/mol. The minimum Gasteiger partial charge on any atom is -0.263 e. The van der Waals surface area contributed by atoms with Gasteiger partial charge in [-0.1, -0.05) is 34.8 Å². The van der Waals surface area contributed by atoms with E-state index >= 15 is 0 Å². The van der Waals surface area contributed by atoms with Crippen LogP contribution in [0.5, 0.6) is 0 Å². The lowest BCUT2D eigenvalue weighted by molar-refractivity contribution is 1.31. The maximum atomic E-state index is 5.97. The predicted octanol–water partition coefficient (Wildman–Crippen LogP) is 5.31. The fourth-order valence-corrected chi connectivity index (χ4v) is 2.38. The highest BCUT2D eigenvalue weighted by Gasteiger charge is 2.07. The average molecular weight is 384 g/mol. The summed E-state index contributed by atoms with van der Waals surface area (Å²) in [5, 5.41) is 1.27. The molecule has 1 nitrogen and oxygen atoms in total. The average Bonchev–Trinajstić information content (AvgIpc) is 2.25. The molecule has 0 aliphatic carbocycles. The van der Waals surface area contributed by atoms with Crippen LogP contribution >= 0.6 is 57.4 Å². The summed E-state index contributed by atoms with van der Waals surface area (Å²) in [6, 6.07) is 5.56. The Morgan fingerprint density at radius 2 is 1.50 bits per heavy atom. The summed E-state index contributed by atoms with van der Waals surface area (Å²) >= 11 is 20.0. The smallest absolute Gasteiger partial charge is 0.0778 e. The highest BCUT2D eigenvalue weighted by molar-refractivity contribution is 14.1. The number of halogens is 4. The third-order valence-corrected chi connectivity index (χ3v) is 3.81. The summed E-state index contributed by atoms with van der Waals surface area (Å²) in [6.07, 6.45) is 3.54. The largest absolute Gasteiger partial charge is 0.263 e. The molecule has 16 heavy (non-hydrogen) atoms. The SMILES string of the molecule is Clc1cc(-c2cncc(I)c2)cc(Cl)c1Cl. The molecule has 0 radical (unpaired) electrons. The number of hydrogen-bond donors (Lipinski definition) is 0. The van der Waals surface area contributed by atoms with Gasteiger partial charge in [0.05, 0.1) is 15.1 Å². The van der Waals surface area contributed by atoms with Gasteiger partial charge in [0, 0.05) is 21.5 Å². The molecule has 1 aromatic carbocycles. The van der Waals surface area contributed by atoms with Gasteiger partial charge in [0.1, 0.15) is 0 Å². The second-order valence-corrected chi connectivity index (χ2v) is 5.58. The van der Waals surface area contributed by atoms with Gasteiger partial charge in [0.15, 0.2) is 0 Å². The van der Waals surface area contributed by atoms with Crippen LogP contribution in [0.1, 0.15) is 0 Å². The van der Waals surface area contributed by atoms with Crippen molar-refractivity contribution in [2.45, 2.75) is 0 Å². The summed E-state index contributed by atoms with van der Waals surface area (Å²) in [6.45, 7) is 0. The van der Waals surface area contributed by atoms with Crippen LogP contribution in [0.4, 0.5) is 0 Å². The van der Waals surface area contributed by atoms with Gasteiger partial charge < -0.3 is 0 Å². The second-order valence-electron chi connectivity index (χ2n) is 3.15. The molecule has 82 valence electrons. The lowest BCUT2D eigenvalue weighted by Crippen LogP contribution is -1.83. The molecule has 0 atom stereocenters.